The van der Waals surface area contributed by atoms with Gasteiger partial charge in [0, 0.05) is 17.8 Å². The van der Waals surface area contributed by atoms with Gasteiger partial charge in [-0.15, -0.1) is 0 Å². The van der Waals surface area contributed by atoms with Crippen molar-refractivity contribution in [3.05, 3.63) is 101 Å². The minimum absolute atomic E-state index is 0.163. The van der Waals surface area contributed by atoms with Crippen LogP contribution in [-0.4, -0.2) is 10.1 Å². The molecule has 0 saturated carbocycles. The quantitative estimate of drug-likeness (QED) is 0.722. The van der Waals surface area contributed by atoms with Crippen molar-refractivity contribution in [3.8, 4) is 0 Å². The maximum absolute atomic E-state index is 10.8. The summed E-state index contributed by atoms with van der Waals surface area (Å²) in [6.45, 7) is 4.08. The molecule has 24 heavy (non-hydrogen) atoms. The Morgan fingerprint density at radius 3 is 2.29 bits per heavy atom. The molecule has 122 valence electrons. The number of aliphatic hydroxyl groups is 1. The van der Waals surface area contributed by atoms with Gasteiger partial charge in [0.05, 0.1) is 6.10 Å². The molecule has 0 aliphatic carbocycles. The Bertz CT molecular complexity index is 798. The van der Waals surface area contributed by atoms with Crippen molar-refractivity contribution in [2.75, 3.05) is 0 Å². The monoisotopic (exact) mass is 317 g/mol. The van der Waals surface area contributed by atoms with E-state index in [0.29, 0.717) is 6.42 Å². The fourth-order valence-corrected chi connectivity index (χ4v) is 3.24. The van der Waals surface area contributed by atoms with Crippen LogP contribution in [0.2, 0.25) is 0 Å². The second kappa shape index (κ2) is 7.41. The molecule has 2 aromatic carbocycles. The first-order chi connectivity index (χ1) is 11.6. The van der Waals surface area contributed by atoms with Crippen LogP contribution in [0.15, 0.2) is 72.9 Å². The van der Waals surface area contributed by atoms with E-state index in [0.717, 1.165) is 11.3 Å². The van der Waals surface area contributed by atoms with E-state index < -0.39 is 6.10 Å². The van der Waals surface area contributed by atoms with Crippen molar-refractivity contribution >= 4 is 0 Å². The topological polar surface area (TPSA) is 33.1 Å². The van der Waals surface area contributed by atoms with Crippen molar-refractivity contribution in [1.29, 1.82) is 0 Å². The molecule has 1 aromatic heterocycles. The molecular weight excluding hydrogens is 294 g/mol. The van der Waals surface area contributed by atoms with Gasteiger partial charge in [-0.1, -0.05) is 54.6 Å². The number of aliphatic hydroxyl groups excluding tert-OH is 1. The summed E-state index contributed by atoms with van der Waals surface area (Å²) in [4.78, 5) is 4.22. The number of hydrogen-bond donors (Lipinski definition) is 1. The summed E-state index contributed by atoms with van der Waals surface area (Å²) in [6.07, 6.45) is 1.90. The molecule has 2 nitrogen and oxygen atoms in total. The first-order valence-corrected chi connectivity index (χ1v) is 8.36. The first-order valence-electron chi connectivity index (χ1n) is 8.36. The third kappa shape index (κ3) is 3.72. The summed E-state index contributed by atoms with van der Waals surface area (Å²) in [6, 6.07) is 22.7. The van der Waals surface area contributed by atoms with E-state index in [1.807, 2.05) is 25.1 Å². The highest BCUT2D eigenvalue weighted by atomic mass is 16.3. The van der Waals surface area contributed by atoms with E-state index >= 15 is 0 Å². The molecule has 0 saturated heterocycles. The third-order valence-electron chi connectivity index (χ3n) is 4.53. The molecule has 0 bridgehead atoms. The maximum Gasteiger partial charge on any atom is 0.0800 e. The number of nitrogens with zero attached hydrogens (tertiary/aromatic N) is 1. The SMILES string of the molecule is Cc1cc(C(O)CC(c2ccccc2)c2ccccc2C)ccn1. The molecule has 0 aliphatic heterocycles. The maximum atomic E-state index is 10.8. The van der Waals surface area contributed by atoms with Crippen LogP contribution in [0.1, 0.15) is 46.4 Å². The predicted molar refractivity (Wildman–Crippen MR) is 98.0 cm³/mol. The third-order valence-corrected chi connectivity index (χ3v) is 4.53. The first kappa shape index (κ1) is 16.4. The lowest BCUT2D eigenvalue weighted by Gasteiger charge is -2.23. The summed E-state index contributed by atoms with van der Waals surface area (Å²) < 4.78 is 0. The average molecular weight is 317 g/mol. The lowest BCUT2D eigenvalue weighted by atomic mass is 9.83. The van der Waals surface area contributed by atoms with Crippen molar-refractivity contribution in [3.63, 3.8) is 0 Å². The van der Waals surface area contributed by atoms with E-state index in [2.05, 4.69) is 60.4 Å². The Hall–Kier alpha value is -2.45. The molecule has 0 amide bonds. The highest BCUT2D eigenvalue weighted by molar-refractivity contribution is 5.38. The standard InChI is InChI=1S/C22H23NO/c1-16-8-6-7-11-20(16)21(18-9-4-3-5-10-18)15-22(24)19-12-13-23-17(2)14-19/h3-14,21-22,24H,15H2,1-2H3. The van der Waals surface area contributed by atoms with Crippen LogP contribution < -0.4 is 0 Å². The summed E-state index contributed by atoms with van der Waals surface area (Å²) in [5.41, 5.74) is 5.62. The number of aryl methyl sites for hydroxylation is 2. The van der Waals surface area contributed by atoms with E-state index in [1.54, 1.807) is 6.20 Å². The second-order valence-electron chi connectivity index (χ2n) is 6.30. The average Bonchev–Trinajstić information content (AvgIpc) is 2.61. The van der Waals surface area contributed by atoms with E-state index in [1.165, 1.54) is 16.7 Å². The van der Waals surface area contributed by atoms with Gasteiger partial charge in [-0.05, 0) is 54.7 Å². The number of rotatable bonds is 5. The zero-order valence-corrected chi connectivity index (χ0v) is 14.2. The highest BCUT2D eigenvalue weighted by Gasteiger charge is 2.21. The number of benzene rings is 2. The highest BCUT2D eigenvalue weighted by Crippen LogP contribution is 2.35. The van der Waals surface area contributed by atoms with Gasteiger partial charge >= 0.3 is 0 Å². The lowest BCUT2D eigenvalue weighted by molar-refractivity contribution is 0.161. The molecule has 2 unspecified atom stereocenters. The smallest absolute Gasteiger partial charge is 0.0800 e. The lowest BCUT2D eigenvalue weighted by Crippen LogP contribution is -2.09. The van der Waals surface area contributed by atoms with Gasteiger partial charge < -0.3 is 5.11 Å². The van der Waals surface area contributed by atoms with Gasteiger partial charge in [-0.3, -0.25) is 4.98 Å². The minimum atomic E-state index is -0.517. The molecule has 0 spiro atoms. The largest absolute Gasteiger partial charge is 0.388 e. The van der Waals surface area contributed by atoms with Crippen molar-refractivity contribution < 1.29 is 5.11 Å². The Morgan fingerprint density at radius 1 is 0.875 bits per heavy atom. The van der Waals surface area contributed by atoms with E-state index in [-0.39, 0.29) is 5.92 Å². The molecule has 0 aliphatic rings. The fourth-order valence-electron chi connectivity index (χ4n) is 3.24. The second-order valence-corrected chi connectivity index (χ2v) is 6.30. The van der Waals surface area contributed by atoms with Crippen LogP contribution in [0.3, 0.4) is 0 Å². The Morgan fingerprint density at radius 2 is 1.58 bits per heavy atom. The number of pyridine rings is 1. The molecule has 3 rings (SSSR count). The van der Waals surface area contributed by atoms with Crippen molar-refractivity contribution in [2.24, 2.45) is 0 Å². The summed E-state index contributed by atoms with van der Waals surface area (Å²) in [5.74, 6) is 0.163. The molecule has 1 heterocycles. The van der Waals surface area contributed by atoms with Gasteiger partial charge in [-0.2, -0.15) is 0 Å². The zero-order chi connectivity index (χ0) is 16.9. The van der Waals surface area contributed by atoms with Crippen LogP contribution in [0.4, 0.5) is 0 Å². The molecule has 1 N–H and O–H groups in total. The normalized spacial score (nSPS) is 13.5. The zero-order valence-electron chi connectivity index (χ0n) is 14.2. The Balaban J connectivity index is 1.95. The molecule has 2 atom stereocenters. The van der Waals surface area contributed by atoms with E-state index in [4.69, 9.17) is 0 Å². The van der Waals surface area contributed by atoms with Crippen molar-refractivity contribution in [2.45, 2.75) is 32.3 Å². The molecule has 0 radical (unpaired) electrons. The van der Waals surface area contributed by atoms with Crippen LogP contribution in [0, 0.1) is 13.8 Å². The van der Waals surface area contributed by atoms with Gasteiger partial charge in [0.1, 0.15) is 0 Å². The molecule has 2 heteroatoms. The fraction of sp³-hybridized carbons (Fsp3) is 0.227. The summed E-state index contributed by atoms with van der Waals surface area (Å²) in [5, 5.41) is 10.8. The predicted octanol–water partition coefficient (Wildman–Crippen LogP) is 4.95. The van der Waals surface area contributed by atoms with Crippen LogP contribution in [-0.2, 0) is 0 Å². The molecule has 3 aromatic rings. The van der Waals surface area contributed by atoms with Crippen LogP contribution in [0.25, 0.3) is 0 Å². The van der Waals surface area contributed by atoms with Gasteiger partial charge in [0.15, 0.2) is 0 Å². The summed E-state index contributed by atoms with van der Waals surface area (Å²) in [7, 11) is 0. The van der Waals surface area contributed by atoms with Crippen LogP contribution in [0.5, 0.6) is 0 Å². The number of aromatic nitrogens is 1. The van der Waals surface area contributed by atoms with Gasteiger partial charge in [0.25, 0.3) is 0 Å². The van der Waals surface area contributed by atoms with E-state index in [9.17, 15) is 5.11 Å². The minimum Gasteiger partial charge on any atom is -0.388 e. The summed E-state index contributed by atoms with van der Waals surface area (Å²) >= 11 is 0. The van der Waals surface area contributed by atoms with Gasteiger partial charge in [0.2, 0.25) is 0 Å². The van der Waals surface area contributed by atoms with Crippen LogP contribution >= 0.6 is 0 Å². The molecular formula is C22H23NO. The molecule has 0 fully saturated rings. The van der Waals surface area contributed by atoms with Crippen molar-refractivity contribution in [1.82, 2.24) is 4.98 Å². The Labute approximate surface area is 143 Å². The number of hydrogen-bond acceptors (Lipinski definition) is 2. The van der Waals surface area contributed by atoms with Gasteiger partial charge in [-0.25, -0.2) is 0 Å². The Kier molecular flexibility index (Phi) is 5.07.